The Bertz CT molecular complexity index is 20.0. The van der Waals surface area contributed by atoms with Crippen molar-refractivity contribution in [1.29, 1.82) is 0 Å². The Labute approximate surface area is 76.2 Å². The number of hydrogen-bond acceptors (Lipinski definition) is 1. The summed E-state index contributed by atoms with van der Waals surface area (Å²) in [7, 11) is 1.70. The maximum Gasteiger partial charge on any atom is 0.0437 e. The van der Waals surface area contributed by atoms with Gasteiger partial charge in [0.1, 0.15) is 0 Å². The molecule has 0 fully saturated rings. The van der Waals surface area contributed by atoms with Crippen LogP contribution in [-0.2, 0) is 4.74 Å². The van der Waals surface area contributed by atoms with E-state index in [-0.39, 0.29) is 38.6 Å². The number of unbranched alkanes of at least 4 members (excludes halogenated alkanes) is 1. The van der Waals surface area contributed by atoms with Gasteiger partial charge in [0, 0.05) is 52.3 Å². The molecule has 0 spiro atoms. The Morgan fingerprint density at radius 2 is 2.14 bits per heavy atom. The smallest absolute Gasteiger partial charge is 0.0437 e. The fourth-order valence-corrected chi connectivity index (χ4v) is 0.246. The summed E-state index contributed by atoms with van der Waals surface area (Å²) in [5.74, 6) is 0. The van der Waals surface area contributed by atoms with Crippen molar-refractivity contribution < 1.29 is 43.3 Å². The van der Waals surface area contributed by atoms with Crippen molar-refractivity contribution in [2.75, 3.05) is 13.7 Å². The molecule has 0 rings (SSSR count). The number of ether oxygens (including phenoxy) is 1. The average Bonchev–Trinajstić information content (AvgIpc) is 1.61. The van der Waals surface area contributed by atoms with E-state index in [2.05, 4.69) is 6.92 Å². The maximum atomic E-state index is 4.74. The van der Waals surface area contributed by atoms with E-state index in [4.69, 9.17) is 4.74 Å². The van der Waals surface area contributed by atoms with Crippen molar-refractivity contribution in [1.82, 2.24) is 0 Å². The first-order valence-corrected chi connectivity index (χ1v) is 2.20. The average molecular weight is 246 g/mol. The number of rotatable bonds is 3. The Morgan fingerprint density at radius 1 is 1.57 bits per heavy atom. The molecule has 0 aliphatic rings. The van der Waals surface area contributed by atoms with Gasteiger partial charge in [-0.25, -0.2) is 0 Å². The minimum absolute atomic E-state index is 0. The topological polar surface area (TPSA) is 9.23 Å². The standard InChI is InChI=1S/C5H11O.Tb/c1-3-4-5-6-2;/h1,3-5H2,2H3;/q-1;. The van der Waals surface area contributed by atoms with Crippen molar-refractivity contribution in [3.63, 3.8) is 0 Å². The van der Waals surface area contributed by atoms with E-state index in [1.807, 2.05) is 0 Å². The first-order valence-electron chi connectivity index (χ1n) is 2.20. The molecule has 2 heteroatoms. The zero-order valence-corrected chi connectivity index (χ0v) is 6.71. The molecule has 0 aromatic carbocycles. The van der Waals surface area contributed by atoms with E-state index >= 15 is 0 Å². The third kappa shape index (κ3) is 11.1. The van der Waals surface area contributed by atoms with Crippen LogP contribution in [0.2, 0.25) is 0 Å². The van der Waals surface area contributed by atoms with E-state index in [1.165, 1.54) is 0 Å². The first kappa shape index (κ1) is 11.1. The zero-order valence-electron chi connectivity index (χ0n) is 4.57. The van der Waals surface area contributed by atoms with Crippen LogP contribution in [0.5, 0.6) is 0 Å². The molecule has 1 radical (unpaired) electrons. The summed E-state index contributed by atoms with van der Waals surface area (Å²) in [6.45, 7) is 4.49. The maximum absolute atomic E-state index is 4.74. The van der Waals surface area contributed by atoms with Gasteiger partial charge in [-0.05, 0) is 0 Å². The summed E-state index contributed by atoms with van der Waals surface area (Å²) >= 11 is 0. The third-order valence-corrected chi connectivity index (χ3v) is 0.598. The minimum atomic E-state index is 0. The van der Waals surface area contributed by atoms with Gasteiger partial charge in [0.25, 0.3) is 0 Å². The molecule has 0 aromatic rings. The third-order valence-electron chi connectivity index (χ3n) is 0.598. The van der Waals surface area contributed by atoms with Gasteiger partial charge in [0.2, 0.25) is 0 Å². The zero-order chi connectivity index (χ0) is 4.83. The van der Waals surface area contributed by atoms with Crippen LogP contribution >= 0.6 is 0 Å². The van der Waals surface area contributed by atoms with Crippen LogP contribution in [-0.4, -0.2) is 13.7 Å². The molecule has 0 bridgehead atoms. The Balaban J connectivity index is 0. The SMILES string of the molecule is [CH2-]CCCOC.[Tb]. The number of hydrogen-bond donors (Lipinski definition) is 0. The quantitative estimate of drug-likeness (QED) is 0.538. The summed E-state index contributed by atoms with van der Waals surface area (Å²) in [6, 6.07) is 0. The molecule has 0 aromatic heterocycles. The van der Waals surface area contributed by atoms with Gasteiger partial charge >= 0.3 is 0 Å². The first-order chi connectivity index (χ1) is 2.91. The normalized spacial score (nSPS) is 7.71. The molecular formula is C5H11OTb-. The summed E-state index contributed by atoms with van der Waals surface area (Å²) in [5, 5.41) is 0. The predicted octanol–water partition coefficient (Wildman–Crippen LogP) is 1.25. The van der Waals surface area contributed by atoms with Crippen LogP contribution in [0.1, 0.15) is 12.8 Å². The number of methoxy groups -OCH3 is 1. The van der Waals surface area contributed by atoms with E-state index in [1.54, 1.807) is 7.11 Å². The van der Waals surface area contributed by atoms with Gasteiger partial charge < -0.3 is 11.7 Å². The summed E-state index contributed by atoms with van der Waals surface area (Å²) < 4.78 is 4.74. The molecule has 0 unspecified atom stereocenters. The van der Waals surface area contributed by atoms with Crippen LogP contribution in [0.15, 0.2) is 0 Å². The van der Waals surface area contributed by atoms with Crippen LogP contribution in [0.3, 0.4) is 0 Å². The van der Waals surface area contributed by atoms with E-state index in [0.29, 0.717) is 0 Å². The fraction of sp³-hybridized carbons (Fsp3) is 0.800. The second-order valence-electron chi connectivity index (χ2n) is 1.20. The van der Waals surface area contributed by atoms with Gasteiger partial charge in [-0.3, -0.25) is 0 Å². The van der Waals surface area contributed by atoms with E-state index in [9.17, 15) is 0 Å². The second-order valence-corrected chi connectivity index (χ2v) is 1.20. The van der Waals surface area contributed by atoms with Gasteiger partial charge in [-0.15, -0.1) is 0 Å². The van der Waals surface area contributed by atoms with E-state index < -0.39 is 0 Å². The molecule has 0 heterocycles. The molecule has 47 valence electrons. The minimum Gasteiger partial charge on any atom is -0.385 e. The Kier molecular flexibility index (Phi) is 16.3. The molecule has 0 aliphatic heterocycles. The van der Waals surface area contributed by atoms with Crippen molar-refractivity contribution in [2.45, 2.75) is 12.8 Å². The molecule has 0 N–H and O–H groups in total. The van der Waals surface area contributed by atoms with Crippen molar-refractivity contribution in [3.05, 3.63) is 6.92 Å². The van der Waals surface area contributed by atoms with Gasteiger partial charge in [-0.1, -0.05) is 6.42 Å². The summed E-state index contributed by atoms with van der Waals surface area (Å²) in [6.07, 6.45) is 2.06. The largest absolute Gasteiger partial charge is 0.385 e. The summed E-state index contributed by atoms with van der Waals surface area (Å²) in [5.41, 5.74) is 0. The second kappa shape index (κ2) is 10.3. The molecule has 0 saturated carbocycles. The fourth-order valence-electron chi connectivity index (χ4n) is 0.246. The monoisotopic (exact) mass is 246 g/mol. The van der Waals surface area contributed by atoms with Crippen LogP contribution in [0.25, 0.3) is 0 Å². The van der Waals surface area contributed by atoms with Gasteiger partial charge in [0.05, 0.1) is 0 Å². The molecule has 1 nitrogen and oxygen atoms in total. The van der Waals surface area contributed by atoms with Gasteiger partial charge in [-0.2, -0.15) is 6.42 Å². The van der Waals surface area contributed by atoms with Crippen LogP contribution in [0, 0.1) is 45.5 Å². The van der Waals surface area contributed by atoms with E-state index in [0.717, 1.165) is 19.4 Å². The van der Waals surface area contributed by atoms with Crippen molar-refractivity contribution in [2.24, 2.45) is 0 Å². The van der Waals surface area contributed by atoms with Crippen molar-refractivity contribution in [3.8, 4) is 0 Å². The Hall–Kier alpha value is 1.25. The molecule has 0 atom stereocenters. The van der Waals surface area contributed by atoms with Crippen molar-refractivity contribution >= 4 is 0 Å². The molecule has 7 heavy (non-hydrogen) atoms. The Morgan fingerprint density at radius 3 is 2.29 bits per heavy atom. The molecule has 0 saturated heterocycles. The summed E-state index contributed by atoms with van der Waals surface area (Å²) in [4.78, 5) is 0. The molecule has 0 amide bonds. The predicted molar refractivity (Wildman–Crippen MR) is 26.5 cm³/mol. The van der Waals surface area contributed by atoms with Gasteiger partial charge in [0.15, 0.2) is 0 Å². The van der Waals surface area contributed by atoms with Crippen LogP contribution in [0.4, 0.5) is 0 Å². The van der Waals surface area contributed by atoms with Crippen LogP contribution < -0.4 is 0 Å². The molecule has 0 aliphatic carbocycles. The molecular weight excluding hydrogens is 235 g/mol.